The molecule has 0 aliphatic carbocycles. The van der Waals surface area contributed by atoms with Crippen LogP contribution in [0.1, 0.15) is 40.3 Å². The molecule has 1 aromatic carbocycles. The fourth-order valence-corrected chi connectivity index (χ4v) is 5.48. The van der Waals surface area contributed by atoms with Gasteiger partial charge in [-0.3, -0.25) is 4.98 Å². The van der Waals surface area contributed by atoms with Gasteiger partial charge in [-0.15, -0.1) is 0 Å². The van der Waals surface area contributed by atoms with Gasteiger partial charge in [0.1, 0.15) is 11.6 Å². The molecule has 1 aliphatic rings. The Morgan fingerprint density at radius 1 is 1.00 bits per heavy atom. The summed E-state index contributed by atoms with van der Waals surface area (Å²) in [6, 6.07) is 17.6. The molecule has 6 nitrogen and oxygen atoms in total. The molecule has 1 saturated heterocycles. The lowest BCUT2D eigenvalue weighted by Crippen LogP contribution is -2.29. The maximum absolute atomic E-state index is 6.52. The summed E-state index contributed by atoms with van der Waals surface area (Å²) in [6.07, 6.45) is 3.64. The first kappa shape index (κ1) is 23.3. The normalized spacial score (nSPS) is 17.5. The number of aromatic nitrogens is 3. The lowest BCUT2D eigenvalue weighted by atomic mass is 9.96. The molecule has 0 amide bonds. The number of thiocarbonyl (C=S) groups is 1. The Morgan fingerprint density at radius 2 is 1.80 bits per heavy atom. The van der Waals surface area contributed by atoms with Gasteiger partial charge >= 0.3 is 0 Å². The van der Waals surface area contributed by atoms with Crippen molar-refractivity contribution in [3.8, 4) is 11.6 Å². The van der Waals surface area contributed by atoms with E-state index in [-0.39, 0.29) is 12.1 Å². The highest BCUT2D eigenvalue weighted by Crippen LogP contribution is 2.44. The van der Waals surface area contributed by atoms with Gasteiger partial charge in [0.25, 0.3) is 0 Å². The number of methoxy groups -OCH3 is 1. The van der Waals surface area contributed by atoms with Gasteiger partial charge in [-0.2, -0.15) is 0 Å². The Hall–Kier alpha value is -3.42. The van der Waals surface area contributed by atoms with Crippen molar-refractivity contribution >= 4 is 34.6 Å². The predicted octanol–water partition coefficient (Wildman–Crippen LogP) is 6.03. The average molecular weight is 504 g/mol. The molecule has 4 aromatic rings. The number of pyridine rings is 2. The third-order valence-corrected chi connectivity index (χ3v) is 7.10. The van der Waals surface area contributed by atoms with E-state index in [9.17, 15) is 0 Å². The van der Waals surface area contributed by atoms with Gasteiger partial charge in [-0.05, 0) is 86.6 Å². The second-order valence-corrected chi connectivity index (χ2v) is 9.42. The van der Waals surface area contributed by atoms with E-state index in [4.69, 9.17) is 28.6 Å². The van der Waals surface area contributed by atoms with Crippen molar-refractivity contribution in [3.05, 3.63) is 100 Å². The van der Waals surface area contributed by atoms with E-state index in [0.717, 1.165) is 39.7 Å². The molecule has 35 heavy (non-hydrogen) atoms. The molecular weight excluding hydrogens is 478 g/mol. The highest BCUT2D eigenvalue weighted by Gasteiger charge is 2.42. The van der Waals surface area contributed by atoms with Gasteiger partial charge in [0.15, 0.2) is 5.11 Å². The van der Waals surface area contributed by atoms with Crippen molar-refractivity contribution in [3.63, 3.8) is 0 Å². The monoisotopic (exact) mass is 503 g/mol. The van der Waals surface area contributed by atoms with E-state index < -0.39 is 0 Å². The number of rotatable bonds is 5. The minimum atomic E-state index is -0.150. The second kappa shape index (κ2) is 9.32. The fourth-order valence-electron chi connectivity index (χ4n) is 4.88. The summed E-state index contributed by atoms with van der Waals surface area (Å²) in [4.78, 5) is 11.5. The quantitative estimate of drug-likeness (QED) is 0.335. The molecule has 5 rings (SSSR count). The third-order valence-electron chi connectivity index (χ3n) is 6.49. The zero-order valence-electron chi connectivity index (χ0n) is 20.0. The van der Waals surface area contributed by atoms with Gasteiger partial charge in [0.05, 0.1) is 29.9 Å². The highest BCUT2D eigenvalue weighted by atomic mass is 35.5. The Kier molecular flexibility index (Phi) is 6.21. The molecule has 0 spiro atoms. The van der Waals surface area contributed by atoms with Crippen LogP contribution in [0.3, 0.4) is 0 Å². The molecule has 4 heterocycles. The molecule has 1 fully saturated rings. The molecule has 2 atom stereocenters. The SMILES string of the molecule is COc1ccc(N2C(=S)N[C@@H](c3ccccn3)[C@H]2c2cc(C)n(-c3ncccc3C)c2C)cc1Cl. The summed E-state index contributed by atoms with van der Waals surface area (Å²) >= 11 is 12.4. The van der Waals surface area contributed by atoms with Crippen molar-refractivity contribution in [1.82, 2.24) is 19.9 Å². The predicted molar refractivity (Wildman–Crippen MR) is 144 cm³/mol. The van der Waals surface area contributed by atoms with E-state index >= 15 is 0 Å². The third kappa shape index (κ3) is 4.05. The van der Waals surface area contributed by atoms with E-state index in [1.54, 1.807) is 7.11 Å². The van der Waals surface area contributed by atoms with Crippen LogP contribution in [0.5, 0.6) is 5.75 Å². The van der Waals surface area contributed by atoms with Gasteiger partial charge in [0.2, 0.25) is 0 Å². The fraction of sp³-hybridized carbons (Fsp3) is 0.222. The Bertz CT molecular complexity index is 1400. The summed E-state index contributed by atoms with van der Waals surface area (Å²) in [5.41, 5.74) is 6.26. The molecule has 8 heteroatoms. The number of aryl methyl sites for hydroxylation is 2. The molecule has 0 saturated carbocycles. The standard InChI is InChI=1S/C27H26ClN5OS/c1-16-8-7-13-30-26(16)32-17(2)14-20(18(32)3)25-24(22-9-5-6-12-29-22)31-27(35)33(25)19-10-11-23(34-4)21(28)15-19/h5-15,24-25H,1-4H3,(H,31,35)/t24-,25+/m0/s1. The van der Waals surface area contributed by atoms with Crippen molar-refractivity contribution in [1.29, 1.82) is 0 Å². The van der Waals surface area contributed by atoms with E-state index in [2.05, 4.69) is 57.7 Å². The lowest BCUT2D eigenvalue weighted by Gasteiger charge is -2.28. The van der Waals surface area contributed by atoms with Crippen molar-refractivity contribution in [2.45, 2.75) is 32.9 Å². The summed E-state index contributed by atoms with van der Waals surface area (Å²) in [7, 11) is 1.61. The number of benzene rings is 1. The molecule has 178 valence electrons. The average Bonchev–Trinajstić information content (AvgIpc) is 3.35. The summed E-state index contributed by atoms with van der Waals surface area (Å²) < 4.78 is 7.58. The minimum absolute atomic E-state index is 0.147. The van der Waals surface area contributed by atoms with Crippen LogP contribution in [-0.4, -0.2) is 26.8 Å². The molecular formula is C27H26ClN5OS. The molecule has 0 unspecified atom stereocenters. The van der Waals surface area contributed by atoms with Crippen molar-refractivity contribution in [2.75, 3.05) is 12.0 Å². The first-order valence-corrected chi connectivity index (χ1v) is 12.1. The minimum Gasteiger partial charge on any atom is -0.495 e. The Labute approximate surface area is 215 Å². The van der Waals surface area contributed by atoms with Crippen LogP contribution in [0.15, 0.2) is 67.0 Å². The van der Waals surface area contributed by atoms with Crippen LogP contribution >= 0.6 is 23.8 Å². The van der Waals surface area contributed by atoms with Crippen molar-refractivity contribution in [2.24, 2.45) is 0 Å². The summed E-state index contributed by atoms with van der Waals surface area (Å²) in [5, 5.41) is 4.66. The number of hydrogen-bond acceptors (Lipinski definition) is 4. The number of ether oxygens (including phenoxy) is 1. The summed E-state index contributed by atoms with van der Waals surface area (Å²) in [5.74, 6) is 1.55. The zero-order valence-corrected chi connectivity index (χ0v) is 21.6. The van der Waals surface area contributed by atoms with Crippen LogP contribution in [0, 0.1) is 20.8 Å². The van der Waals surface area contributed by atoms with Gasteiger partial charge in [0, 0.05) is 29.5 Å². The van der Waals surface area contributed by atoms with Gasteiger partial charge in [-0.1, -0.05) is 23.7 Å². The van der Waals surface area contributed by atoms with Crippen LogP contribution in [0.25, 0.3) is 5.82 Å². The van der Waals surface area contributed by atoms with E-state index in [1.165, 1.54) is 0 Å². The molecule has 1 N–H and O–H groups in total. The number of nitrogens with zero attached hydrogens (tertiary/aromatic N) is 4. The number of halogens is 1. The van der Waals surface area contributed by atoms with Crippen LogP contribution < -0.4 is 15.0 Å². The molecule has 0 radical (unpaired) electrons. The molecule has 1 aliphatic heterocycles. The molecule has 0 bridgehead atoms. The number of nitrogens with one attached hydrogen (secondary N) is 1. The first-order chi connectivity index (χ1) is 16.9. The van der Waals surface area contributed by atoms with Crippen LogP contribution in [-0.2, 0) is 0 Å². The highest BCUT2D eigenvalue weighted by molar-refractivity contribution is 7.80. The van der Waals surface area contributed by atoms with Crippen LogP contribution in [0.2, 0.25) is 5.02 Å². The number of anilines is 1. The van der Waals surface area contributed by atoms with Crippen molar-refractivity contribution < 1.29 is 4.74 Å². The Morgan fingerprint density at radius 3 is 2.49 bits per heavy atom. The van der Waals surface area contributed by atoms with Crippen LogP contribution in [0.4, 0.5) is 5.69 Å². The summed E-state index contributed by atoms with van der Waals surface area (Å²) in [6.45, 7) is 6.32. The van der Waals surface area contributed by atoms with Gasteiger partial charge in [-0.25, -0.2) is 4.98 Å². The number of hydrogen-bond donors (Lipinski definition) is 1. The zero-order chi connectivity index (χ0) is 24.7. The Balaban J connectivity index is 1.69. The molecule has 3 aromatic heterocycles. The largest absolute Gasteiger partial charge is 0.495 e. The lowest BCUT2D eigenvalue weighted by molar-refractivity contribution is 0.415. The first-order valence-electron chi connectivity index (χ1n) is 11.4. The topological polar surface area (TPSA) is 55.2 Å². The van der Waals surface area contributed by atoms with Gasteiger partial charge < -0.3 is 19.5 Å². The van der Waals surface area contributed by atoms with E-state index in [1.807, 2.05) is 54.9 Å². The maximum Gasteiger partial charge on any atom is 0.174 e. The van der Waals surface area contributed by atoms with E-state index in [0.29, 0.717) is 15.9 Å². The maximum atomic E-state index is 6.52. The second-order valence-electron chi connectivity index (χ2n) is 8.62. The smallest absolute Gasteiger partial charge is 0.174 e.